The van der Waals surface area contributed by atoms with Gasteiger partial charge >= 0.3 is 0 Å². The van der Waals surface area contributed by atoms with E-state index in [1.165, 1.54) is 16.9 Å². The topological polar surface area (TPSA) is 36.4 Å². The molecular formula is C17H22IN3S. The summed E-state index contributed by atoms with van der Waals surface area (Å²) in [6, 6.07) is 15.0. The van der Waals surface area contributed by atoms with Crippen molar-refractivity contribution in [2.45, 2.75) is 18.9 Å². The number of hydrogen-bond donors (Lipinski definition) is 2. The highest BCUT2D eigenvalue weighted by Crippen LogP contribution is 2.46. The lowest BCUT2D eigenvalue weighted by atomic mass is 10.1. The van der Waals surface area contributed by atoms with Crippen LogP contribution < -0.4 is 10.6 Å². The number of halogens is 1. The second-order valence-electron chi connectivity index (χ2n) is 5.40. The van der Waals surface area contributed by atoms with Crippen molar-refractivity contribution in [3.63, 3.8) is 0 Å². The molecule has 0 saturated heterocycles. The van der Waals surface area contributed by atoms with Gasteiger partial charge in [-0.3, -0.25) is 4.99 Å². The smallest absolute Gasteiger partial charge is 0.191 e. The number of rotatable bonds is 5. The average molecular weight is 427 g/mol. The van der Waals surface area contributed by atoms with Crippen LogP contribution in [0, 0.1) is 5.92 Å². The van der Waals surface area contributed by atoms with Gasteiger partial charge in [0.15, 0.2) is 5.96 Å². The average Bonchev–Trinajstić information content (AvgIpc) is 3.12. The van der Waals surface area contributed by atoms with Crippen LogP contribution >= 0.6 is 35.3 Å². The van der Waals surface area contributed by atoms with Gasteiger partial charge in [-0.1, -0.05) is 36.4 Å². The molecule has 1 aromatic carbocycles. The Morgan fingerprint density at radius 1 is 1.18 bits per heavy atom. The summed E-state index contributed by atoms with van der Waals surface area (Å²) >= 11 is 1.76. The van der Waals surface area contributed by atoms with Crippen molar-refractivity contribution in [2.24, 2.45) is 10.9 Å². The van der Waals surface area contributed by atoms with Crippen molar-refractivity contribution in [1.82, 2.24) is 10.6 Å². The first-order valence-electron chi connectivity index (χ1n) is 7.38. The SMILES string of the molecule is CN=C(NCc1cccs1)NCC1CC1c1ccccc1.I. The molecule has 2 unspecified atom stereocenters. The van der Waals surface area contributed by atoms with E-state index >= 15 is 0 Å². The Balaban J connectivity index is 0.00000176. The van der Waals surface area contributed by atoms with E-state index in [-0.39, 0.29) is 24.0 Å². The van der Waals surface area contributed by atoms with Crippen LogP contribution in [-0.2, 0) is 6.54 Å². The highest BCUT2D eigenvalue weighted by atomic mass is 127. The summed E-state index contributed by atoms with van der Waals surface area (Å²) in [6.45, 7) is 1.83. The van der Waals surface area contributed by atoms with Crippen molar-refractivity contribution in [2.75, 3.05) is 13.6 Å². The second kappa shape index (κ2) is 8.53. The number of hydrogen-bond acceptors (Lipinski definition) is 2. The molecule has 0 spiro atoms. The molecule has 22 heavy (non-hydrogen) atoms. The quantitative estimate of drug-likeness (QED) is 0.432. The maximum absolute atomic E-state index is 4.28. The molecule has 2 atom stereocenters. The number of nitrogens with one attached hydrogen (secondary N) is 2. The van der Waals surface area contributed by atoms with E-state index in [9.17, 15) is 0 Å². The van der Waals surface area contributed by atoms with Crippen LogP contribution in [0.1, 0.15) is 22.8 Å². The van der Waals surface area contributed by atoms with Gasteiger partial charge in [-0.05, 0) is 35.3 Å². The molecule has 3 rings (SSSR count). The molecule has 1 saturated carbocycles. The van der Waals surface area contributed by atoms with Gasteiger partial charge in [-0.2, -0.15) is 0 Å². The molecule has 0 amide bonds. The van der Waals surface area contributed by atoms with Crippen molar-refractivity contribution in [3.8, 4) is 0 Å². The molecule has 5 heteroatoms. The van der Waals surface area contributed by atoms with Crippen LogP contribution in [0.15, 0.2) is 52.8 Å². The van der Waals surface area contributed by atoms with E-state index in [1.54, 1.807) is 11.3 Å². The summed E-state index contributed by atoms with van der Waals surface area (Å²) < 4.78 is 0. The first kappa shape index (κ1) is 17.3. The van der Waals surface area contributed by atoms with Crippen LogP contribution in [0.25, 0.3) is 0 Å². The number of nitrogens with zero attached hydrogens (tertiary/aromatic N) is 1. The van der Waals surface area contributed by atoms with E-state index in [2.05, 4.69) is 63.5 Å². The van der Waals surface area contributed by atoms with Crippen LogP contribution in [0.3, 0.4) is 0 Å². The third-order valence-corrected chi connectivity index (χ3v) is 4.79. The first-order valence-corrected chi connectivity index (χ1v) is 8.26. The molecule has 1 aliphatic rings. The minimum Gasteiger partial charge on any atom is -0.356 e. The minimum atomic E-state index is 0. The summed E-state index contributed by atoms with van der Waals surface area (Å²) in [5.74, 6) is 2.34. The molecule has 0 aliphatic heterocycles. The summed E-state index contributed by atoms with van der Waals surface area (Å²) in [6.07, 6.45) is 1.28. The van der Waals surface area contributed by atoms with Crippen LogP contribution in [0.2, 0.25) is 0 Å². The van der Waals surface area contributed by atoms with Gasteiger partial charge in [-0.25, -0.2) is 0 Å². The Kier molecular flexibility index (Phi) is 6.70. The third-order valence-electron chi connectivity index (χ3n) is 3.92. The fraction of sp³-hybridized carbons (Fsp3) is 0.353. The number of thiophene rings is 1. The standard InChI is InChI=1S/C17H21N3S.HI/c1-18-17(20-12-15-8-5-9-21-15)19-11-14-10-16(14)13-6-3-2-4-7-13;/h2-9,14,16H,10-12H2,1H3,(H2,18,19,20);1H. The number of guanidine groups is 1. The lowest BCUT2D eigenvalue weighted by Crippen LogP contribution is -2.37. The zero-order valence-corrected chi connectivity index (χ0v) is 15.8. The van der Waals surface area contributed by atoms with Crippen LogP contribution in [0.4, 0.5) is 0 Å². The summed E-state index contributed by atoms with van der Waals surface area (Å²) in [7, 11) is 1.82. The fourth-order valence-electron chi connectivity index (χ4n) is 2.61. The Labute approximate surface area is 153 Å². The van der Waals surface area contributed by atoms with Gasteiger partial charge in [0.05, 0.1) is 6.54 Å². The molecule has 2 aromatic rings. The second-order valence-corrected chi connectivity index (χ2v) is 6.43. The van der Waals surface area contributed by atoms with E-state index in [0.717, 1.165) is 25.0 Å². The minimum absolute atomic E-state index is 0. The highest BCUT2D eigenvalue weighted by Gasteiger charge is 2.37. The number of aliphatic imine (C=N–C) groups is 1. The van der Waals surface area contributed by atoms with Gasteiger partial charge in [-0.15, -0.1) is 35.3 Å². The molecular weight excluding hydrogens is 405 g/mol. The lowest BCUT2D eigenvalue weighted by Gasteiger charge is -2.11. The molecule has 2 N–H and O–H groups in total. The van der Waals surface area contributed by atoms with Crippen molar-refractivity contribution in [1.29, 1.82) is 0 Å². The molecule has 1 aliphatic carbocycles. The fourth-order valence-corrected chi connectivity index (χ4v) is 3.26. The largest absolute Gasteiger partial charge is 0.356 e. The zero-order chi connectivity index (χ0) is 14.5. The van der Waals surface area contributed by atoms with E-state index in [4.69, 9.17) is 0 Å². The Morgan fingerprint density at radius 3 is 2.68 bits per heavy atom. The summed E-state index contributed by atoms with van der Waals surface area (Å²) in [5.41, 5.74) is 1.46. The first-order chi connectivity index (χ1) is 10.4. The lowest BCUT2D eigenvalue weighted by molar-refractivity contribution is 0.720. The third kappa shape index (κ3) is 4.71. The molecule has 1 aromatic heterocycles. The van der Waals surface area contributed by atoms with E-state index in [0.29, 0.717) is 5.92 Å². The number of benzene rings is 1. The zero-order valence-electron chi connectivity index (χ0n) is 12.7. The van der Waals surface area contributed by atoms with Crippen molar-refractivity contribution < 1.29 is 0 Å². The van der Waals surface area contributed by atoms with Crippen molar-refractivity contribution in [3.05, 3.63) is 58.3 Å². The molecule has 1 fully saturated rings. The Morgan fingerprint density at radius 2 is 2.00 bits per heavy atom. The summed E-state index contributed by atoms with van der Waals surface area (Å²) in [4.78, 5) is 5.61. The molecule has 3 nitrogen and oxygen atoms in total. The van der Waals surface area contributed by atoms with Crippen molar-refractivity contribution >= 4 is 41.3 Å². The Bertz CT molecular complexity index is 583. The highest BCUT2D eigenvalue weighted by molar-refractivity contribution is 14.0. The summed E-state index contributed by atoms with van der Waals surface area (Å²) in [5, 5.41) is 8.89. The van der Waals surface area contributed by atoms with Gasteiger partial charge in [0.2, 0.25) is 0 Å². The molecule has 0 bridgehead atoms. The predicted octanol–water partition coefficient (Wildman–Crippen LogP) is 3.83. The normalized spacial score (nSPS) is 20.1. The predicted molar refractivity (Wildman–Crippen MR) is 105 cm³/mol. The molecule has 1 heterocycles. The van der Waals surface area contributed by atoms with Gasteiger partial charge in [0.1, 0.15) is 0 Å². The maximum atomic E-state index is 4.28. The van der Waals surface area contributed by atoms with E-state index < -0.39 is 0 Å². The van der Waals surface area contributed by atoms with E-state index in [1.807, 2.05) is 7.05 Å². The maximum Gasteiger partial charge on any atom is 0.191 e. The van der Waals surface area contributed by atoms with Gasteiger partial charge in [0.25, 0.3) is 0 Å². The molecule has 0 radical (unpaired) electrons. The Hall–Kier alpha value is -1.08. The monoisotopic (exact) mass is 427 g/mol. The van der Waals surface area contributed by atoms with Gasteiger partial charge < -0.3 is 10.6 Å². The van der Waals surface area contributed by atoms with Crippen LogP contribution in [-0.4, -0.2) is 19.6 Å². The molecule has 118 valence electrons. The van der Waals surface area contributed by atoms with Crippen LogP contribution in [0.5, 0.6) is 0 Å². The van der Waals surface area contributed by atoms with Gasteiger partial charge in [0, 0.05) is 18.5 Å².